The molecule has 2 aromatic rings. The summed E-state index contributed by atoms with van der Waals surface area (Å²) in [5, 5.41) is 3.29. The third-order valence-corrected chi connectivity index (χ3v) is 5.18. The van der Waals surface area contributed by atoms with E-state index in [1.54, 1.807) is 4.90 Å². The summed E-state index contributed by atoms with van der Waals surface area (Å²) in [6, 6.07) is 16.2. The predicted octanol–water partition coefficient (Wildman–Crippen LogP) is 4.49. The number of esters is 1. The third kappa shape index (κ3) is 5.37. The Morgan fingerprint density at radius 1 is 1.07 bits per heavy atom. The quantitative estimate of drug-likeness (QED) is 0.529. The highest BCUT2D eigenvalue weighted by molar-refractivity contribution is 6.07. The molecule has 1 N–H and O–H groups in total. The van der Waals surface area contributed by atoms with E-state index in [2.05, 4.69) is 36.5 Å². The Kier molecular flexibility index (Phi) is 6.57. The van der Waals surface area contributed by atoms with E-state index in [1.165, 1.54) is 11.1 Å². The molecular formula is C24H30N2O3. The maximum absolute atomic E-state index is 12.8. The van der Waals surface area contributed by atoms with Crippen LogP contribution in [-0.4, -0.2) is 30.6 Å². The van der Waals surface area contributed by atoms with Gasteiger partial charge in [-0.25, -0.2) is 0 Å². The van der Waals surface area contributed by atoms with E-state index in [1.807, 2.05) is 38.1 Å². The van der Waals surface area contributed by atoms with E-state index < -0.39 is 5.54 Å². The number of nitrogens with one attached hydrogen (secondary N) is 1. The number of ether oxygens (including phenoxy) is 1. The Hall–Kier alpha value is -2.82. The molecule has 5 nitrogen and oxygen atoms in total. The molecule has 0 fully saturated rings. The van der Waals surface area contributed by atoms with Crippen molar-refractivity contribution < 1.29 is 14.3 Å². The topological polar surface area (TPSA) is 58.6 Å². The van der Waals surface area contributed by atoms with Gasteiger partial charge in [0.1, 0.15) is 5.54 Å². The zero-order chi connectivity index (χ0) is 20.9. The van der Waals surface area contributed by atoms with Crippen LogP contribution in [0.4, 0.5) is 11.4 Å². The summed E-state index contributed by atoms with van der Waals surface area (Å²) < 4.78 is 5.37. The van der Waals surface area contributed by atoms with Crippen LogP contribution in [0, 0.1) is 6.92 Å². The summed E-state index contributed by atoms with van der Waals surface area (Å²) in [5.74, 6) is -0.148. The van der Waals surface area contributed by atoms with Crippen LogP contribution in [0.3, 0.4) is 0 Å². The molecule has 5 heteroatoms. The van der Waals surface area contributed by atoms with Gasteiger partial charge in [-0.2, -0.15) is 0 Å². The number of carbonyl (C=O) groups is 2. The lowest BCUT2D eigenvalue weighted by molar-refractivity contribution is -0.143. The van der Waals surface area contributed by atoms with Gasteiger partial charge in [0, 0.05) is 13.0 Å². The van der Waals surface area contributed by atoms with Crippen molar-refractivity contribution in [2.75, 3.05) is 23.4 Å². The SMILES string of the molecule is Cc1ccc(CCCC(=O)OCCCN2C(=O)C(C)(C)Nc3ccccc32)cc1. The number of benzene rings is 2. The van der Waals surface area contributed by atoms with Gasteiger partial charge in [-0.05, 0) is 57.7 Å². The van der Waals surface area contributed by atoms with Crippen molar-refractivity contribution >= 4 is 23.3 Å². The van der Waals surface area contributed by atoms with Gasteiger partial charge in [-0.15, -0.1) is 0 Å². The minimum absolute atomic E-state index is 0.0284. The summed E-state index contributed by atoms with van der Waals surface area (Å²) in [4.78, 5) is 26.6. The van der Waals surface area contributed by atoms with E-state index in [4.69, 9.17) is 4.74 Å². The highest BCUT2D eigenvalue weighted by atomic mass is 16.5. The zero-order valence-electron chi connectivity index (χ0n) is 17.5. The maximum atomic E-state index is 12.8. The number of rotatable bonds is 8. The minimum atomic E-state index is -0.652. The van der Waals surface area contributed by atoms with Gasteiger partial charge in [0.2, 0.25) is 0 Å². The van der Waals surface area contributed by atoms with Gasteiger partial charge in [-0.3, -0.25) is 9.59 Å². The third-order valence-electron chi connectivity index (χ3n) is 5.18. The van der Waals surface area contributed by atoms with Crippen molar-refractivity contribution in [2.24, 2.45) is 0 Å². The summed E-state index contributed by atoms with van der Waals surface area (Å²) in [7, 11) is 0. The number of fused-ring (bicyclic) bond motifs is 1. The average Bonchev–Trinajstić information content (AvgIpc) is 2.69. The van der Waals surface area contributed by atoms with E-state index in [0.717, 1.165) is 24.2 Å². The number of carbonyl (C=O) groups excluding carboxylic acids is 2. The Balaban J connectivity index is 1.42. The van der Waals surface area contributed by atoms with Crippen LogP contribution in [0.25, 0.3) is 0 Å². The predicted molar refractivity (Wildman–Crippen MR) is 116 cm³/mol. The van der Waals surface area contributed by atoms with Gasteiger partial charge in [0.25, 0.3) is 5.91 Å². The molecule has 0 spiro atoms. The molecule has 0 unspecified atom stereocenters. The molecule has 154 valence electrons. The largest absolute Gasteiger partial charge is 0.466 e. The van der Waals surface area contributed by atoms with Crippen molar-refractivity contribution in [3.05, 3.63) is 59.7 Å². The molecule has 3 rings (SSSR count). The summed E-state index contributed by atoms with van der Waals surface area (Å²) in [5.41, 5.74) is 3.65. The van der Waals surface area contributed by atoms with Crippen molar-refractivity contribution in [1.29, 1.82) is 0 Å². The molecule has 1 aliphatic rings. The van der Waals surface area contributed by atoms with Crippen LogP contribution < -0.4 is 10.2 Å². The van der Waals surface area contributed by atoms with Gasteiger partial charge in [-0.1, -0.05) is 42.0 Å². The maximum Gasteiger partial charge on any atom is 0.305 e. The minimum Gasteiger partial charge on any atom is -0.466 e. The lowest BCUT2D eigenvalue weighted by Gasteiger charge is -2.40. The Labute approximate surface area is 173 Å². The molecule has 0 aliphatic carbocycles. The van der Waals surface area contributed by atoms with Crippen LogP contribution in [0.15, 0.2) is 48.5 Å². The molecular weight excluding hydrogens is 364 g/mol. The number of amides is 1. The van der Waals surface area contributed by atoms with Crippen LogP contribution in [0.5, 0.6) is 0 Å². The molecule has 1 heterocycles. The van der Waals surface area contributed by atoms with Crippen LogP contribution in [0.2, 0.25) is 0 Å². The second-order valence-corrected chi connectivity index (χ2v) is 8.14. The van der Waals surface area contributed by atoms with Crippen LogP contribution >= 0.6 is 0 Å². The monoisotopic (exact) mass is 394 g/mol. The Morgan fingerprint density at radius 3 is 2.55 bits per heavy atom. The van der Waals surface area contributed by atoms with Crippen LogP contribution in [-0.2, 0) is 20.7 Å². The molecule has 0 saturated carbocycles. The number of aryl methyl sites for hydroxylation is 2. The average molecular weight is 395 g/mol. The molecule has 0 radical (unpaired) electrons. The first-order chi connectivity index (χ1) is 13.9. The highest BCUT2D eigenvalue weighted by Gasteiger charge is 2.38. The first-order valence-electron chi connectivity index (χ1n) is 10.3. The molecule has 1 amide bonds. The number of hydrogen-bond donors (Lipinski definition) is 1. The number of hydrogen-bond acceptors (Lipinski definition) is 4. The number of anilines is 2. The highest BCUT2D eigenvalue weighted by Crippen LogP contribution is 2.34. The second kappa shape index (κ2) is 9.12. The first-order valence-corrected chi connectivity index (χ1v) is 10.3. The summed E-state index contributed by atoms with van der Waals surface area (Å²) in [6.45, 7) is 6.67. The fourth-order valence-electron chi connectivity index (χ4n) is 3.55. The van der Waals surface area contributed by atoms with Gasteiger partial charge in [0.05, 0.1) is 18.0 Å². The van der Waals surface area contributed by atoms with Crippen LogP contribution in [0.1, 0.15) is 44.2 Å². The molecule has 29 heavy (non-hydrogen) atoms. The molecule has 2 aromatic carbocycles. The lowest BCUT2D eigenvalue weighted by atomic mass is 9.98. The Bertz CT molecular complexity index is 859. The van der Waals surface area contributed by atoms with Gasteiger partial charge in [0.15, 0.2) is 0 Å². The van der Waals surface area contributed by atoms with E-state index in [0.29, 0.717) is 26.0 Å². The fraction of sp³-hybridized carbons (Fsp3) is 0.417. The van der Waals surface area contributed by atoms with Crippen molar-refractivity contribution in [1.82, 2.24) is 0 Å². The summed E-state index contributed by atoms with van der Waals surface area (Å²) in [6.07, 6.45) is 2.67. The van der Waals surface area contributed by atoms with Gasteiger partial charge >= 0.3 is 5.97 Å². The van der Waals surface area contributed by atoms with E-state index >= 15 is 0 Å². The Morgan fingerprint density at radius 2 is 1.79 bits per heavy atom. The second-order valence-electron chi connectivity index (χ2n) is 8.14. The van der Waals surface area contributed by atoms with E-state index in [-0.39, 0.29) is 11.9 Å². The van der Waals surface area contributed by atoms with Gasteiger partial charge < -0.3 is 15.0 Å². The molecule has 0 bridgehead atoms. The molecule has 1 aliphatic heterocycles. The van der Waals surface area contributed by atoms with Crippen molar-refractivity contribution in [2.45, 2.75) is 52.0 Å². The smallest absolute Gasteiger partial charge is 0.305 e. The van der Waals surface area contributed by atoms with Crippen molar-refractivity contribution in [3.8, 4) is 0 Å². The lowest BCUT2D eigenvalue weighted by Crippen LogP contribution is -2.54. The number of para-hydroxylation sites is 2. The first kappa shape index (κ1) is 20.9. The summed E-state index contributed by atoms with van der Waals surface area (Å²) >= 11 is 0. The molecule has 0 aromatic heterocycles. The number of nitrogens with zero attached hydrogens (tertiary/aromatic N) is 1. The van der Waals surface area contributed by atoms with E-state index in [9.17, 15) is 9.59 Å². The normalized spacial score (nSPS) is 14.9. The molecule has 0 saturated heterocycles. The standard InChI is InChI=1S/C24H30N2O3/c1-18-12-14-19(15-13-18)8-6-11-22(27)29-17-7-16-26-21-10-5-4-9-20(21)25-24(2,3)23(26)28/h4-5,9-10,12-15,25H,6-8,11,16-17H2,1-3H3. The van der Waals surface area contributed by atoms with Crippen molar-refractivity contribution in [3.63, 3.8) is 0 Å². The molecule has 0 atom stereocenters. The zero-order valence-corrected chi connectivity index (χ0v) is 17.5. The fourth-order valence-corrected chi connectivity index (χ4v) is 3.55.